The zero-order valence-electron chi connectivity index (χ0n) is 12.5. The van der Waals surface area contributed by atoms with Crippen LogP contribution in [0.1, 0.15) is 12.8 Å². The molecule has 1 heterocycles. The summed E-state index contributed by atoms with van der Waals surface area (Å²) in [6.07, 6.45) is 0.226. The Morgan fingerprint density at radius 3 is 2.52 bits per heavy atom. The van der Waals surface area contributed by atoms with Gasteiger partial charge in [-0.15, -0.1) is 0 Å². The summed E-state index contributed by atoms with van der Waals surface area (Å²) in [5.74, 6) is -2.03. The molecule has 1 aromatic rings. The van der Waals surface area contributed by atoms with E-state index in [9.17, 15) is 23.1 Å². The molecule has 2 rings (SSSR count). The number of benzene rings is 1. The minimum Gasteiger partial charge on any atom is -0.550 e. The summed E-state index contributed by atoms with van der Waals surface area (Å²) in [7, 11) is -2.56. The van der Waals surface area contributed by atoms with E-state index in [4.69, 9.17) is 0 Å². The monoisotopic (exact) mass is 341 g/mol. The van der Waals surface area contributed by atoms with Gasteiger partial charge in [0.2, 0.25) is 10.0 Å². The van der Waals surface area contributed by atoms with Gasteiger partial charge in [0.1, 0.15) is 0 Å². The molecule has 1 aromatic carbocycles. The number of piperidine rings is 1. The van der Waals surface area contributed by atoms with Crippen LogP contribution in [0.15, 0.2) is 29.2 Å². The highest BCUT2D eigenvalue weighted by Crippen LogP contribution is 2.24. The molecule has 9 heteroatoms. The van der Waals surface area contributed by atoms with Gasteiger partial charge in [0.05, 0.1) is 12.0 Å². The van der Waals surface area contributed by atoms with Crippen molar-refractivity contribution in [3.63, 3.8) is 0 Å². The molecule has 0 aromatic heterocycles. The molecule has 0 radical (unpaired) electrons. The second-order valence-corrected chi connectivity index (χ2v) is 7.10. The van der Waals surface area contributed by atoms with Gasteiger partial charge in [-0.25, -0.2) is 13.2 Å². The Hall–Kier alpha value is -2.13. The third-order valence-corrected chi connectivity index (χ3v) is 5.52. The van der Waals surface area contributed by atoms with Gasteiger partial charge in [0.15, 0.2) is 0 Å². The molecule has 1 saturated heterocycles. The summed E-state index contributed by atoms with van der Waals surface area (Å²) in [6, 6.07) is 5.57. The lowest BCUT2D eigenvalue weighted by molar-refractivity contribution is -0.312. The van der Waals surface area contributed by atoms with Gasteiger partial charge in [-0.05, 0) is 37.1 Å². The van der Waals surface area contributed by atoms with Crippen LogP contribution < -0.4 is 10.4 Å². The number of anilines is 1. The molecular weight excluding hydrogens is 324 g/mol. The van der Waals surface area contributed by atoms with Crippen LogP contribution in [0.4, 0.5) is 10.5 Å². The van der Waals surface area contributed by atoms with E-state index in [0.717, 1.165) is 4.31 Å². The normalized spacial score (nSPS) is 19.1. The Kier molecular flexibility index (Phi) is 5.22. The fourth-order valence-corrected chi connectivity index (χ4v) is 3.91. The van der Waals surface area contributed by atoms with Gasteiger partial charge in [-0.3, -0.25) is 5.32 Å². The average Bonchev–Trinajstić information content (AvgIpc) is 2.55. The summed E-state index contributed by atoms with van der Waals surface area (Å²) in [5, 5.41) is 13.4. The number of amides is 1. The van der Waals surface area contributed by atoms with Crippen LogP contribution in [0.25, 0.3) is 0 Å². The van der Waals surface area contributed by atoms with Crippen molar-refractivity contribution in [2.45, 2.75) is 17.7 Å². The van der Waals surface area contributed by atoms with Crippen LogP contribution in [0.3, 0.4) is 0 Å². The standard InChI is InChI=1S/C14H18N2O6S/c1-22-14(19)15-11-4-6-12(7-5-11)23(20,21)16-8-2-3-10(9-16)13(17)18/h4-7,10H,2-3,8-9H2,1H3,(H,15,19)(H,17,18)/p-1/t10-/m0/s1. The van der Waals surface area contributed by atoms with Crippen molar-refractivity contribution in [3.05, 3.63) is 24.3 Å². The molecule has 126 valence electrons. The first-order chi connectivity index (χ1) is 10.8. The zero-order valence-corrected chi connectivity index (χ0v) is 13.3. The predicted octanol–water partition coefficient (Wildman–Crippen LogP) is 0.0155. The van der Waals surface area contributed by atoms with Crippen molar-refractivity contribution in [1.29, 1.82) is 0 Å². The number of hydrogen-bond acceptors (Lipinski definition) is 6. The first-order valence-corrected chi connectivity index (χ1v) is 8.44. The lowest BCUT2D eigenvalue weighted by Gasteiger charge is -2.32. The maximum atomic E-state index is 12.5. The Morgan fingerprint density at radius 2 is 1.96 bits per heavy atom. The summed E-state index contributed by atoms with van der Waals surface area (Å²) in [5.41, 5.74) is 0.391. The maximum absolute atomic E-state index is 12.5. The van der Waals surface area contributed by atoms with Crippen LogP contribution in [0.5, 0.6) is 0 Å². The number of carbonyl (C=O) groups excluding carboxylic acids is 2. The minimum absolute atomic E-state index is 0.0342. The number of carboxylic acid groups (broad SMARTS) is 1. The molecule has 0 bridgehead atoms. The van der Waals surface area contributed by atoms with Crippen molar-refractivity contribution in [1.82, 2.24) is 4.31 Å². The highest BCUT2D eigenvalue weighted by Gasteiger charge is 2.30. The molecule has 0 aliphatic carbocycles. The lowest BCUT2D eigenvalue weighted by atomic mass is 10.0. The van der Waals surface area contributed by atoms with Crippen molar-refractivity contribution >= 4 is 27.8 Å². The van der Waals surface area contributed by atoms with Gasteiger partial charge in [0.25, 0.3) is 0 Å². The fourth-order valence-electron chi connectivity index (χ4n) is 2.38. The minimum atomic E-state index is -3.78. The highest BCUT2D eigenvalue weighted by atomic mass is 32.2. The lowest BCUT2D eigenvalue weighted by Crippen LogP contribution is -2.46. The second-order valence-electron chi connectivity index (χ2n) is 5.16. The van der Waals surface area contributed by atoms with E-state index in [-0.39, 0.29) is 18.0 Å². The second kappa shape index (κ2) is 6.97. The van der Waals surface area contributed by atoms with E-state index >= 15 is 0 Å². The van der Waals surface area contributed by atoms with E-state index in [1.165, 1.54) is 31.4 Å². The van der Waals surface area contributed by atoms with Gasteiger partial charge in [-0.2, -0.15) is 4.31 Å². The average molecular weight is 341 g/mol. The number of rotatable bonds is 4. The predicted molar refractivity (Wildman–Crippen MR) is 79.0 cm³/mol. The van der Waals surface area contributed by atoms with Crippen LogP contribution in [0.2, 0.25) is 0 Å². The SMILES string of the molecule is COC(=O)Nc1ccc(S(=O)(=O)N2CCC[C@H](C(=O)[O-])C2)cc1. The third kappa shape index (κ3) is 3.99. The number of carboxylic acids is 1. The summed E-state index contributed by atoms with van der Waals surface area (Å²) < 4.78 is 30.7. The summed E-state index contributed by atoms with van der Waals surface area (Å²) >= 11 is 0. The van der Waals surface area contributed by atoms with Crippen LogP contribution >= 0.6 is 0 Å². The molecular formula is C14H17N2O6S-. The Morgan fingerprint density at radius 1 is 1.30 bits per heavy atom. The Labute approximate surface area is 134 Å². The molecule has 0 saturated carbocycles. The largest absolute Gasteiger partial charge is 0.550 e. The molecule has 1 N–H and O–H groups in total. The van der Waals surface area contributed by atoms with Crippen molar-refractivity contribution < 1.29 is 27.9 Å². The van der Waals surface area contributed by atoms with Gasteiger partial charge < -0.3 is 14.6 Å². The Bertz CT molecular complexity index is 686. The smallest absolute Gasteiger partial charge is 0.411 e. The number of nitrogens with zero attached hydrogens (tertiary/aromatic N) is 1. The third-order valence-electron chi connectivity index (χ3n) is 3.64. The van der Waals surface area contributed by atoms with Crippen molar-refractivity contribution in [3.8, 4) is 0 Å². The highest BCUT2D eigenvalue weighted by molar-refractivity contribution is 7.89. The molecule has 1 atom stereocenters. The van der Waals surface area contributed by atoms with E-state index in [2.05, 4.69) is 10.1 Å². The van der Waals surface area contributed by atoms with Gasteiger partial charge in [-0.1, -0.05) is 0 Å². The Balaban J connectivity index is 2.16. The van der Waals surface area contributed by atoms with Gasteiger partial charge in [0, 0.05) is 30.7 Å². The summed E-state index contributed by atoms with van der Waals surface area (Å²) in [4.78, 5) is 22.1. The number of carbonyl (C=O) groups is 2. The number of ether oxygens (including phenoxy) is 1. The number of methoxy groups -OCH3 is 1. The zero-order chi connectivity index (χ0) is 17.0. The molecule has 1 aliphatic rings. The number of sulfonamides is 1. The molecule has 0 spiro atoms. The van der Waals surface area contributed by atoms with Crippen LogP contribution in [-0.2, 0) is 19.6 Å². The van der Waals surface area contributed by atoms with Crippen molar-refractivity contribution in [2.75, 3.05) is 25.5 Å². The number of nitrogens with one attached hydrogen (secondary N) is 1. The maximum Gasteiger partial charge on any atom is 0.411 e. The molecule has 1 fully saturated rings. The number of hydrogen-bond donors (Lipinski definition) is 1. The van der Waals surface area contributed by atoms with Crippen molar-refractivity contribution in [2.24, 2.45) is 5.92 Å². The topological polar surface area (TPSA) is 116 Å². The quantitative estimate of drug-likeness (QED) is 0.825. The summed E-state index contributed by atoms with van der Waals surface area (Å²) in [6.45, 7) is 0.182. The van der Waals surface area contributed by atoms with Gasteiger partial charge >= 0.3 is 6.09 Å². The van der Waals surface area contributed by atoms with Crippen LogP contribution in [0, 0.1) is 5.92 Å². The van der Waals surface area contributed by atoms with Crippen LogP contribution in [-0.4, -0.2) is 45.0 Å². The fraction of sp³-hybridized carbons (Fsp3) is 0.429. The van der Waals surface area contributed by atoms with E-state index < -0.39 is 28.0 Å². The molecule has 1 amide bonds. The molecule has 0 unspecified atom stereocenters. The molecule has 1 aliphatic heterocycles. The van der Waals surface area contributed by atoms with E-state index in [0.29, 0.717) is 18.5 Å². The first-order valence-electron chi connectivity index (χ1n) is 7.00. The molecule has 23 heavy (non-hydrogen) atoms. The molecule has 8 nitrogen and oxygen atoms in total. The van der Waals surface area contributed by atoms with E-state index in [1.54, 1.807) is 0 Å². The number of aliphatic carboxylic acids is 1. The first kappa shape index (κ1) is 17.2. The van der Waals surface area contributed by atoms with E-state index in [1.807, 2.05) is 0 Å².